The first-order chi connectivity index (χ1) is 15.2. The number of amides is 1. The Bertz CT molecular complexity index is 774. The molecule has 0 spiro atoms. The summed E-state index contributed by atoms with van der Waals surface area (Å²) < 4.78 is 0. The van der Waals surface area contributed by atoms with Crippen LogP contribution in [0.3, 0.4) is 0 Å². The predicted octanol–water partition coefficient (Wildman–Crippen LogP) is 1.87. The molecule has 3 aliphatic rings. The predicted molar refractivity (Wildman–Crippen MR) is 141 cm³/mol. The highest BCUT2D eigenvalue weighted by Crippen LogP contribution is 2.18. The minimum atomic E-state index is -0.0165. The Morgan fingerprint density at radius 1 is 1.00 bits per heavy atom. The number of fused-ring (bicyclic) bond motifs is 1. The van der Waals surface area contributed by atoms with E-state index in [4.69, 9.17) is 0 Å². The van der Waals surface area contributed by atoms with Gasteiger partial charge < -0.3 is 15.1 Å². The Morgan fingerprint density at radius 2 is 1.69 bits per heavy atom. The van der Waals surface area contributed by atoms with Crippen LogP contribution in [0.4, 0.5) is 0 Å². The second-order valence-corrected chi connectivity index (χ2v) is 9.00. The molecular weight excluding hydrogens is 515 g/mol. The highest BCUT2D eigenvalue weighted by Gasteiger charge is 2.30. The lowest BCUT2D eigenvalue weighted by Gasteiger charge is -2.39. The molecule has 178 valence electrons. The Balaban J connectivity index is 0.00000289. The zero-order valence-corrected chi connectivity index (χ0v) is 22.0. The van der Waals surface area contributed by atoms with E-state index in [9.17, 15) is 4.79 Å². The summed E-state index contributed by atoms with van der Waals surface area (Å²) in [4.78, 5) is 26.4. The molecule has 2 fully saturated rings. The third-order valence-electron chi connectivity index (χ3n) is 7.07. The summed E-state index contributed by atoms with van der Waals surface area (Å²) >= 11 is 0. The van der Waals surface area contributed by atoms with Crippen LogP contribution in [-0.4, -0.2) is 103 Å². The number of carbonyl (C=O) groups is 1. The van der Waals surface area contributed by atoms with Gasteiger partial charge in [-0.2, -0.15) is 0 Å². The number of halogens is 1. The molecule has 0 bridgehead atoms. The molecule has 1 atom stereocenters. The fourth-order valence-corrected chi connectivity index (χ4v) is 5.08. The van der Waals surface area contributed by atoms with E-state index in [0.29, 0.717) is 5.91 Å². The second-order valence-electron chi connectivity index (χ2n) is 9.00. The smallest absolute Gasteiger partial charge is 0.239 e. The summed E-state index contributed by atoms with van der Waals surface area (Å²) in [5, 5.41) is 3.56. The van der Waals surface area contributed by atoms with Gasteiger partial charge in [0.05, 0.1) is 6.04 Å². The van der Waals surface area contributed by atoms with Crippen molar-refractivity contribution in [2.45, 2.75) is 38.8 Å². The largest absolute Gasteiger partial charge is 0.355 e. The maximum absolute atomic E-state index is 12.7. The van der Waals surface area contributed by atoms with Crippen LogP contribution < -0.4 is 5.32 Å². The van der Waals surface area contributed by atoms with Crippen molar-refractivity contribution in [2.24, 2.45) is 4.99 Å². The number of guanidine groups is 1. The van der Waals surface area contributed by atoms with Crippen LogP contribution >= 0.6 is 24.0 Å². The molecule has 1 amide bonds. The first kappa shape index (κ1) is 25.2. The molecule has 2 saturated heterocycles. The highest BCUT2D eigenvalue weighted by molar-refractivity contribution is 14.0. The van der Waals surface area contributed by atoms with Crippen LogP contribution in [0.25, 0.3) is 0 Å². The average Bonchev–Trinajstić information content (AvgIpc) is 3.36. The number of aliphatic imine (C=N–C) groups is 1. The molecule has 0 radical (unpaired) electrons. The maximum Gasteiger partial charge on any atom is 0.239 e. The van der Waals surface area contributed by atoms with Gasteiger partial charge in [-0.3, -0.25) is 19.6 Å². The summed E-state index contributed by atoms with van der Waals surface area (Å²) in [6.07, 6.45) is 3.44. The quantitative estimate of drug-likeness (QED) is 0.342. The third kappa shape index (κ3) is 6.14. The molecule has 3 aliphatic heterocycles. The SMILES string of the molecule is CN=C(NCCN1CCc2ccccc2C1)N1CCN(C(C)C(=O)N2CCCC2)CC1.I. The highest BCUT2D eigenvalue weighted by atomic mass is 127. The number of piperazine rings is 1. The Morgan fingerprint density at radius 3 is 2.38 bits per heavy atom. The van der Waals surface area contributed by atoms with E-state index in [2.05, 4.69) is 56.2 Å². The molecule has 32 heavy (non-hydrogen) atoms. The number of benzene rings is 1. The van der Waals surface area contributed by atoms with Gasteiger partial charge >= 0.3 is 0 Å². The minimum absolute atomic E-state index is 0. The van der Waals surface area contributed by atoms with Crippen molar-refractivity contribution in [3.05, 3.63) is 35.4 Å². The standard InChI is InChI=1S/C24H38N6O.HI/c1-20(23(31)29-11-5-6-12-29)28-15-17-30(18-16-28)24(25-2)26-10-14-27-13-9-21-7-3-4-8-22(21)19-27;/h3-4,7-8,20H,5-6,9-19H2,1-2H3,(H,25,26);1H. The number of nitrogens with zero attached hydrogens (tertiary/aromatic N) is 5. The van der Waals surface area contributed by atoms with E-state index in [1.54, 1.807) is 0 Å². The lowest BCUT2D eigenvalue weighted by molar-refractivity contribution is -0.135. The van der Waals surface area contributed by atoms with E-state index in [1.165, 1.54) is 11.1 Å². The first-order valence-corrected chi connectivity index (χ1v) is 11.9. The van der Waals surface area contributed by atoms with Crippen molar-refractivity contribution in [1.29, 1.82) is 0 Å². The van der Waals surface area contributed by atoms with Crippen LogP contribution in [0.15, 0.2) is 29.3 Å². The molecule has 0 saturated carbocycles. The summed E-state index contributed by atoms with van der Waals surface area (Å²) in [6, 6.07) is 8.77. The molecule has 1 aromatic rings. The van der Waals surface area contributed by atoms with Crippen LogP contribution in [0.2, 0.25) is 0 Å². The molecule has 1 aromatic carbocycles. The molecule has 7 nitrogen and oxygen atoms in total. The summed E-state index contributed by atoms with van der Waals surface area (Å²) in [5.74, 6) is 1.28. The van der Waals surface area contributed by atoms with Crippen molar-refractivity contribution in [3.8, 4) is 0 Å². The van der Waals surface area contributed by atoms with Gasteiger partial charge in [0.25, 0.3) is 0 Å². The average molecular weight is 555 g/mol. The van der Waals surface area contributed by atoms with E-state index in [0.717, 1.165) is 90.7 Å². The normalized spacial score (nSPS) is 21.1. The lowest BCUT2D eigenvalue weighted by atomic mass is 10.00. The van der Waals surface area contributed by atoms with Crippen LogP contribution in [0.5, 0.6) is 0 Å². The minimum Gasteiger partial charge on any atom is -0.355 e. The second kappa shape index (κ2) is 12.2. The number of rotatable bonds is 5. The molecular formula is C24H39IN6O. The fourth-order valence-electron chi connectivity index (χ4n) is 5.08. The number of nitrogens with one attached hydrogen (secondary N) is 1. The van der Waals surface area contributed by atoms with E-state index < -0.39 is 0 Å². The molecule has 3 heterocycles. The Hall–Kier alpha value is -1.39. The lowest BCUT2D eigenvalue weighted by Crippen LogP contribution is -2.57. The summed E-state index contributed by atoms with van der Waals surface area (Å²) in [7, 11) is 1.87. The zero-order valence-electron chi connectivity index (χ0n) is 19.6. The molecule has 1 unspecified atom stereocenters. The topological polar surface area (TPSA) is 54.4 Å². The summed E-state index contributed by atoms with van der Waals surface area (Å²) in [5.41, 5.74) is 2.96. The first-order valence-electron chi connectivity index (χ1n) is 11.9. The van der Waals surface area contributed by atoms with Crippen molar-refractivity contribution in [2.75, 3.05) is 66.0 Å². The van der Waals surface area contributed by atoms with E-state index >= 15 is 0 Å². The van der Waals surface area contributed by atoms with Gasteiger partial charge in [-0.25, -0.2) is 0 Å². The monoisotopic (exact) mass is 554 g/mol. The number of hydrogen-bond acceptors (Lipinski definition) is 4. The number of carbonyl (C=O) groups excluding carboxylic acids is 1. The van der Waals surface area contributed by atoms with Crippen molar-refractivity contribution >= 4 is 35.8 Å². The van der Waals surface area contributed by atoms with Gasteiger partial charge in [0.2, 0.25) is 5.91 Å². The van der Waals surface area contributed by atoms with Crippen molar-refractivity contribution in [1.82, 2.24) is 24.9 Å². The third-order valence-corrected chi connectivity index (χ3v) is 7.07. The van der Waals surface area contributed by atoms with Crippen LogP contribution in [-0.2, 0) is 17.8 Å². The van der Waals surface area contributed by atoms with Gasteiger partial charge in [0.15, 0.2) is 5.96 Å². The summed E-state index contributed by atoms with van der Waals surface area (Å²) in [6.45, 7) is 11.7. The zero-order chi connectivity index (χ0) is 21.6. The fraction of sp³-hybridized carbons (Fsp3) is 0.667. The van der Waals surface area contributed by atoms with Gasteiger partial charge in [0, 0.05) is 72.5 Å². The number of likely N-dealkylation sites (tertiary alicyclic amines) is 1. The molecule has 8 heteroatoms. The Kier molecular flexibility index (Phi) is 9.61. The van der Waals surface area contributed by atoms with Crippen LogP contribution in [0.1, 0.15) is 30.9 Å². The maximum atomic E-state index is 12.7. The molecule has 0 aliphatic carbocycles. The van der Waals surface area contributed by atoms with Gasteiger partial charge in [0.1, 0.15) is 0 Å². The van der Waals surface area contributed by atoms with E-state index in [-0.39, 0.29) is 30.0 Å². The van der Waals surface area contributed by atoms with Crippen molar-refractivity contribution < 1.29 is 4.79 Å². The van der Waals surface area contributed by atoms with E-state index in [1.807, 2.05) is 11.9 Å². The molecule has 0 aromatic heterocycles. The Labute approximate surface area is 210 Å². The van der Waals surface area contributed by atoms with Gasteiger partial charge in [-0.1, -0.05) is 24.3 Å². The van der Waals surface area contributed by atoms with Crippen molar-refractivity contribution in [3.63, 3.8) is 0 Å². The molecule has 4 rings (SSSR count). The van der Waals surface area contributed by atoms with Crippen LogP contribution in [0, 0.1) is 0 Å². The number of hydrogen-bond donors (Lipinski definition) is 1. The van der Waals surface area contributed by atoms with Gasteiger partial charge in [-0.15, -0.1) is 24.0 Å². The van der Waals surface area contributed by atoms with Gasteiger partial charge in [-0.05, 0) is 37.3 Å². The molecule has 1 N–H and O–H groups in total.